The maximum absolute atomic E-state index is 12.0. The average molecular weight is 234 g/mol. The summed E-state index contributed by atoms with van der Waals surface area (Å²) >= 11 is 0. The van der Waals surface area contributed by atoms with Crippen LogP contribution in [-0.4, -0.2) is 23.1 Å². The van der Waals surface area contributed by atoms with E-state index in [9.17, 15) is 14.8 Å². The number of benzene rings is 1. The molecule has 0 aromatic heterocycles. The van der Waals surface area contributed by atoms with Crippen molar-refractivity contribution >= 4 is 17.5 Å². The van der Waals surface area contributed by atoms with Gasteiger partial charge in [0.25, 0.3) is 11.8 Å². The lowest BCUT2D eigenvalue weighted by Crippen LogP contribution is -2.47. The molecule has 0 aliphatic carbocycles. The Kier molecular flexibility index (Phi) is 2.85. The molecule has 1 aromatic carbocycles. The van der Waals surface area contributed by atoms with Gasteiger partial charge in [0.1, 0.15) is 6.04 Å². The van der Waals surface area contributed by atoms with Crippen LogP contribution in [-0.2, 0) is 4.79 Å². The molecule has 0 unspecified atom stereocenters. The number of rotatable bonds is 1. The third kappa shape index (κ3) is 1.89. The lowest BCUT2D eigenvalue weighted by Gasteiger charge is -2.21. The highest BCUT2D eigenvalue weighted by Gasteiger charge is 2.34. The minimum atomic E-state index is -0.708. The number of carbonyl (C=O) groups excluding carboxylic acids is 2. The molecular weight excluding hydrogens is 220 g/mol. The molecule has 0 spiro atoms. The van der Waals surface area contributed by atoms with Gasteiger partial charge >= 0.3 is 0 Å². The summed E-state index contributed by atoms with van der Waals surface area (Å²) in [7, 11) is 0. The van der Waals surface area contributed by atoms with E-state index in [1.807, 2.05) is 13.8 Å². The van der Waals surface area contributed by atoms with Gasteiger partial charge in [-0.25, -0.2) is 0 Å². The Morgan fingerprint density at radius 1 is 1.29 bits per heavy atom. The first kappa shape index (κ1) is 11.6. The zero-order valence-corrected chi connectivity index (χ0v) is 9.68. The summed E-state index contributed by atoms with van der Waals surface area (Å²) in [5.41, 5.74) is 0.518. The van der Waals surface area contributed by atoms with Crippen molar-refractivity contribution in [3.8, 4) is 0 Å². The highest BCUT2D eigenvalue weighted by Crippen LogP contribution is 2.24. The van der Waals surface area contributed by atoms with Crippen LogP contribution in [0.1, 0.15) is 24.2 Å². The van der Waals surface area contributed by atoms with Crippen molar-refractivity contribution < 1.29 is 14.8 Å². The van der Waals surface area contributed by atoms with Gasteiger partial charge in [0.05, 0.1) is 11.3 Å². The third-order valence-electron chi connectivity index (χ3n) is 2.80. The Balaban J connectivity index is 2.50. The largest absolute Gasteiger partial charge is 0.340 e. The summed E-state index contributed by atoms with van der Waals surface area (Å²) in [5, 5.41) is 13.0. The topological polar surface area (TPSA) is 69.6 Å². The number of nitrogens with one attached hydrogen (secondary N) is 1. The van der Waals surface area contributed by atoms with Crippen LogP contribution in [0.2, 0.25) is 0 Å². The molecule has 17 heavy (non-hydrogen) atoms. The quantitative estimate of drug-likeness (QED) is 0.717. The molecule has 0 saturated carbocycles. The van der Waals surface area contributed by atoms with E-state index in [0.717, 1.165) is 0 Å². The Bertz CT molecular complexity index is 471. The Morgan fingerprint density at radius 2 is 1.94 bits per heavy atom. The van der Waals surface area contributed by atoms with Gasteiger partial charge in [-0.3, -0.25) is 14.8 Å². The van der Waals surface area contributed by atoms with Crippen LogP contribution in [0.5, 0.6) is 0 Å². The molecule has 5 nitrogen and oxygen atoms in total. The summed E-state index contributed by atoms with van der Waals surface area (Å²) in [5.74, 6) is -0.946. The highest BCUT2D eigenvalue weighted by molar-refractivity contribution is 6.09. The summed E-state index contributed by atoms with van der Waals surface area (Å²) in [6.07, 6.45) is 0. The van der Waals surface area contributed by atoms with Crippen molar-refractivity contribution in [1.82, 2.24) is 5.32 Å². The van der Waals surface area contributed by atoms with E-state index in [1.165, 1.54) is 6.07 Å². The molecule has 90 valence electrons. The number of amides is 2. The van der Waals surface area contributed by atoms with E-state index in [0.29, 0.717) is 10.6 Å². The summed E-state index contributed by atoms with van der Waals surface area (Å²) in [4.78, 5) is 23.9. The zero-order chi connectivity index (χ0) is 12.6. The van der Waals surface area contributed by atoms with Crippen LogP contribution < -0.4 is 10.4 Å². The van der Waals surface area contributed by atoms with Crippen molar-refractivity contribution in [3.05, 3.63) is 29.8 Å². The monoisotopic (exact) mass is 234 g/mol. The SMILES string of the molecule is CC(C)[C@@H]1NC(=O)c2ccccc2N(O)C1=O. The fourth-order valence-corrected chi connectivity index (χ4v) is 1.83. The molecule has 0 radical (unpaired) electrons. The minimum absolute atomic E-state index is 0.0876. The predicted molar refractivity (Wildman–Crippen MR) is 61.8 cm³/mol. The molecular formula is C12H14N2O3. The normalized spacial score (nSPS) is 20.0. The van der Waals surface area contributed by atoms with Gasteiger partial charge in [0.2, 0.25) is 0 Å². The van der Waals surface area contributed by atoms with Gasteiger partial charge in [-0.2, -0.15) is 5.06 Å². The Hall–Kier alpha value is -1.88. The van der Waals surface area contributed by atoms with Crippen LogP contribution in [0.15, 0.2) is 24.3 Å². The number of nitrogens with zero attached hydrogens (tertiary/aromatic N) is 1. The maximum atomic E-state index is 12.0. The molecule has 1 heterocycles. The molecule has 1 aliphatic rings. The molecule has 1 atom stereocenters. The molecule has 1 aliphatic heterocycles. The first-order chi connectivity index (χ1) is 8.02. The van der Waals surface area contributed by atoms with E-state index in [2.05, 4.69) is 5.32 Å². The standard InChI is InChI=1S/C12H14N2O3/c1-7(2)10-12(16)14(17)9-6-4-3-5-8(9)11(15)13-10/h3-7,10,17H,1-2H3,(H,13,15)/t10-/m0/s1. The summed E-state index contributed by atoms with van der Waals surface area (Å²) < 4.78 is 0. The second-order valence-corrected chi connectivity index (χ2v) is 4.36. The second-order valence-electron chi connectivity index (χ2n) is 4.36. The van der Waals surface area contributed by atoms with Crippen molar-refractivity contribution in [1.29, 1.82) is 0 Å². The van der Waals surface area contributed by atoms with Crippen LogP contribution in [0.25, 0.3) is 0 Å². The lowest BCUT2D eigenvalue weighted by molar-refractivity contribution is -0.126. The molecule has 2 N–H and O–H groups in total. The molecule has 0 bridgehead atoms. The molecule has 2 rings (SSSR count). The fourth-order valence-electron chi connectivity index (χ4n) is 1.83. The van der Waals surface area contributed by atoms with Crippen LogP contribution >= 0.6 is 0 Å². The van der Waals surface area contributed by atoms with Gasteiger partial charge in [0, 0.05) is 0 Å². The number of hydroxylamine groups is 1. The van der Waals surface area contributed by atoms with Crippen LogP contribution in [0, 0.1) is 5.92 Å². The summed E-state index contributed by atoms with van der Waals surface area (Å²) in [6, 6.07) is 5.75. The first-order valence-electron chi connectivity index (χ1n) is 5.45. The lowest BCUT2D eigenvalue weighted by atomic mass is 10.0. The molecule has 2 amide bonds. The van der Waals surface area contributed by atoms with E-state index in [1.54, 1.807) is 18.2 Å². The van der Waals surface area contributed by atoms with Crippen molar-refractivity contribution in [3.63, 3.8) is 0 Å². The Morgan fingerprint density at radius 3 is 2.59 bits per heavy atom. The number of hydrogen-bond acceptors (Lipinski definition) is 3. The average Bonchev–Trinajstić information content (AvgIpc) is 2.41. The second kappa shape index (κ2) is 4.18. The number of anilines is 1. The molecule has 0 saturated heterocycles. The van der Waals surface area contributed by atoms with Gasteiger partial charge in [-0.1, -0.05) is 26.0 Å². The molecule has 0 fully saturated rings. The van der Waals surface area contributed by atoms with E-state index < -0.39 is 11.9 Å². The van der Waals surface area contributed by atoms with Gasteiger partial charge in [0.15, 0.2) is 0 Å². The Labute approximate surface area is 99.0 Å². The van der Waals surface area contributed by atoms with Crippen LogP contribution in [0.4, 0.5) is 5.69 Å². The van der Waals surface area contributed by atoms with Crippen molar-refractivity contribution in [2.75, 3.05) is 5.06 Å². The van der Waals surface area contributed by atoms with Crippen molar-refractivity contribution in [2.45, 2.75) is 19.9 Å². The third-order valence-corrected chi connectivity index (χ3v) is 2.80. The van der Waals surface area contributed by atoms with Crippen molar-refractivity contribution in [2.24, 2.45) is 5.92 Å². The van der Waals surface area contributed by atoms with Gasteiger partial charge < -0.3 is 5.32 Å². The highest BCUT2D eigenvalue weighted by atomic mass is 16.5. The summed E-state index contributed by atoms with van der Waals surface area (Å²) in [6.45, 7) is 3.62. The fraction of sp³-hybridized carbons (Fsp3) is 0.333. The molecule has 1 aromatic rings. The smallest absolute Gasteiger partial charge is 0.273 e. The van der Waals surface area contributed by atoms with E-state index >= 15 is 0 Å². The maximum Gasteiger partial charge on any atom is 0.273 e. The van der Waals surface area contributed by atoms with E-state index in [4.69, 9.17) is 0 Å². The number of hydrogen-bond donors (Lipinski definition) is 2. The van der Waals surface area contributed by atoms with Crippen LogP contribution in [0.3, 0.4) is 0 Å². The predicted octanol–water partition coefficient (Wildman–Crippen LogP) is 1.18. The van der Waals surface area contributed by atoms with E-state index in [-0.39, 0.29) is 17.5 Å². The minimum Gasteiger partial charge on any atom is -0.340 e. The first-order valence-corrected chi connectivity index (χ1v) is 5.45. The van der Waals surface area contributed by atoms with Gasteiger partial charge in [-0.05, 0) is 18.1 Å². The molecule has 5 heteroatoms. The zero-order valence-electron chi connectivity index (χ0n) is 9.68. The number of para-hydroxylation sites is 1. The number of carbonyl (C=O) groups is 2. The number of fused-ring (bicyclic) bond motifs is 1. The van der Waals surface area contributed by atoms with Gasteiger partial charge in [-0.15, -0.1) is 0 Å².